The van der Waals surface area contributed by atoms with Crippen molar-refractivity contribution < 1.29 is 30.0 Å². The molecule has 3 aromatic carbocycles. The van der Waals surface area contributed by atoms with Crippen LogP contribution in [0.25, 0.3) is 49.0 Å². The number of rotatable bonds is 10. The van der Waals surface area contributed by atoms with E-state index in [1.165, 1.54) is 54.9 Å². The minimum Gasteiger partial charge on any atom is -0.512 e. The molecule has 0 aliphatic heterocycles. The Bertz CT molecular complexity index is 2180. The molecule has 0 amide bonds. The summed E-state index contributed by atoms with van der Waals surface area (Å²) in [5, 5.41) is 17.8. The molecule has 0 saturated carbocycles. The largest absolute Gasteiger partial charge is 0.512 e. The van der Waals surface area contributed by atoms with E-state index in [0.29, 0.717) is 0 Å². The third-order valence-corrected chi connectivity index (χ3v) is 13.2. The smallest absolute Gasteiger partial charge is 0.165 e. The fraction of sp³-hybridized carbons (Fsp3) is 0.467. The molecule has 0 saturated heterocycles. The first-order valence-corrected chi connectivity index (χ1v) is 22.4. The fourth-order valence-electron chi connectivity index (χ4n) is 7.88. The third-order valence-electron chi connectivity index (χ3n) is 11.1. The Morgan fingerprint density at radius 2 is 1.57 bits per heavy atom. The van der Waals surface area contributed by atoms with Crippen molar-refractivity contribution in [3.63, 3.8) is 0 Å². The molecule has 1 N–H and O–H groups in total. The first kappa shape index (κ1) is 40.7. The van der Waals surface area contributed by atoms with Crippen molar-refractivity contribution in [2.24, 2.45) is 16.7 Å². The Labute approximate surface area is 320 Å². The van der Waals surface area contributed by atoms with Gasteiger partial charge < -0.3 is 14.5 Å². The number of ketones is 1. The second-order valence-corrected chi connectivity index (χ2v) is 21.9. The predicted molar refractivity (Wildman–Crippen MR) is 219 cm³/mol. The van der Waals surface area contributed by atoms with E-state index in [9.17, 15) is 9.90 Å². The maximum absolute atomic E-state index is 12.3. The normalized spacial score (nSPS) is 13.1. The summed E-state index contributed by atoms with van der Waals surface area (Å²) in [5.74, 6) is 0.483. The summed E-state index contributed by atoms with van der Waals surface area (Å²) < 4.78 is 2.52. The molecule has 0 atom stereocenters. The SMILES string of the molecule is CCC(CC)/C(O)=C/C(=O)C(CC)(CC)CC.Cc1[c-]c2c3nccc4cc([Si](C)(C)C)cc(c43)n3c4cc(CC(C)(C)C)ccc4c(c1)c23.[Ir]. The van der Waals surface area contributed by atoms with Gasteiger partial charge in [0, 0.05) is 54.7 Å². The van der Waals surface area contributed by atoms with Crippen LogP contribution < -0.4 is 5.19 Å². The summed E-state index contributed by atoms with van der Waals surface area (Å²) in [4.78, 5) is 17.2. The number of aliphatic hydroxyl groups excluding tert-OH is 1. The number of nitrogens with zero attached hydrogens (tertiary/aromatic N) is 2. The molecule has 0 bridgehead atoms. The average molecular weight is 880 g/mol. The van der Waals surface area contributed by atoms with E-state index < -0.39 is 8.07 Å². The zero-order chi connectivity index (χ0) is 36.8. The Morgan fingerprint density at radius 1 is 0.922 bits per heavy atom. The van der Waals surface area contributed by atoms with Crippen LogP contribution in [0.3, 0.4) is 0 Å². The second kappa shape index (κ2) is 15.5. The molecule has 0 unspecified atom stereocenters. The van der Waals surface area contributed by atoms with Crippen molar-refractivity contribution in [3.05, 3.63) is 77.7 Å². The molecule has 0 spiro atoms. The zero-order valence-corrected chi connectivity index (χ0v) is 36.5. The number of allylic oxidation sites excluding steroid dienone is 2. The number of aryl methyl sites for hydroxylation is 1. The molecule has 0 fully saturated rings. The molecule has 1 radical (unpaired) electrons. The molecule has 0 aliphatic rings. The van der Waals surface area contributed by atoms with Crippen molar-refractivity contribution in [2.45, 2.75) is 120 Å². The van der Waals surface area contributed by atoms with Crippen molar-refractivity contribution >= 4 is 68.0 Å². The van der Waals surface area contributed by atoms with Crippen LogP contribution in [0.1, 0.15) is 98.6 Å². The van der Waals surface area contributed by atoms with Crippen molar-refractivity contribution in [3.8, 4) is 0 Å². The first-order valence-electron chi connectivity index (χ1n) is 18.9. The Hall–Kier alpha value is -3.05. The Balaban J connectivity index is 0.000000279. The number of fused-ring (bicyclic) bond motifs is 5. The standard InChI is InChI=1S/C30H31N2Si.C15H28O2.Ir/c1-18-12-23-22-9-8-19(17-30(2,3)4)14-25(22)32-26-16-21(33(5,6)7)15-20-10-11-31-28(27(20)26)24(13-18)29(23)32;1-6-12(7-2)13(16)11-14(17)15(8-3,9-4)10-5;/h8-12,14-16H,17H2,1-7H3;11-12,16H,6-10H2,1-5H3;/q-1;;/b;13-11-;. The monoisotopic (exact) mass is 880 g/mol. The summed E-state index contributed by atoms with van der Waals surface area (Å²) in [6.07, 6.45) is 8.78. The quantitative estimate of drug-likeness (QED) is 0.0372. The number of hydrogen-bond acceptors (Lipinski definition) is 3. The molecule has 6 heteroatoms. The van der Waals surface area contributed by atoms with Crippen LogP contribution in [0.4, 0.5) is 0 Å². The molecule has 4 nitrogen and oxygen atoms in total. The summed E-state index contributed by atoms with van der Waals surface area (Å²) in [7, 11) is -1.51. The van der Waals surface area contributed by atoms with Crippen LogP contribution in [0, 0.1) is 29.7 Å². The first-order chi connectivity index (χ1) is 23.5. The molecule has 275 valence electrons. The predicted octanol–water partition coefficient (Wildman–Crippen LogP) is 12.3. The summed E-state index contributed by atoms with van der Waals surface area (Å²) in [5.41, 5.74) is 7.44. The van der Waals surface area contributed by atoms with E-state index >= 15 is 0 Å². The van der Waals surface area contributed by atoms with Crippen molar-refractivity contribution in [1.82, 2.24) is 9.38 Å². The van der Waals surface area contributed by atoms with E-state index in [1.807, 2.05) is 40.8 Å². The fourth-order valence-corrected chi connectivity index (χ4v) is 9.04. The van der Waals surface area contributed by atoms with Gasteiger partial charge in [-0.05, 0) is 94.9 Å². The van der Waals surface area contributed by atoms with Crippen LogP contribution in [-0.4, -0.2) is 28.3 Å². The van der Waals surface area contributed by atoms with E-state index in [0.717, 1.165) is 55.0 Å². The van der Waals surface area contributed by atoms with Gasteiger partial charge in [0.15, 0.2) is 5.78 Å². The second-order valence-electron chi connectivity index (χ2n) is 16.8. The van der Waals surface area contributed by atoms with E-state index in [-0.39, 0.29) is 48.4 Å². The molecule has 6 aromatic rings. The topological polar surface area (TPSA) is 54.6 Å². The Morgan fingerprint density at radius 3 is 2.14 bits per heavy atom. The van der Waals surface area contributed by atoms with Gasteiger partial charge >= 0.3 is 0 Å². The third kappa shape index (κ3) is 7.85. The van der Waals surface area contributed by atoms with Gasteiger partial charge in [-0.25, -0.2) is 0 Å². The zero-order valence-electron chi connectivity index (χ0n) is 33.1. The molecule has 51 heavy (non-hydrogen) atoms. The Kier molecular flexibility index (Phi) is 12.4. The van der Waals surface area contributed by atoms with Crippen LogP contribution in [0.15, 0.2) is 60.5 Å². The van der Waals surface area contributed by atoms with E-state index in [2.05, 4.69) is 100 Å². The maximum Gasteiger partial charge on any atom is 0.165 e. The van der Waals surface area contributed by atoms with Gasteiger partial charge in [0.1, 0.15) is 0 Å². The number of aliphatic hydroxyl groups is 1. The summed E-state index contributed by atoms with van der Waals surface area (Å²) in [6, 6.07) is 20.1. The van der Waals surface area contributed by atoms with Crippen LogP contribution >= 0.6 is 0 Å². The number of hydrogen-bond donors (Lipinski definition) is 1. The molecule has 0 aliphatic carbocycles. The van der Waals surface area contributed by atoms with Gasteiger partial charge in [-0.2, -0.15) is 0 Å². The van der Waals surface area contributed by atoms with Gasteiger partial charge in [-0.1, -0.05) is 116 Å². The van der Waals surface area contributed by atoms with Crippen molar-refractivity contribution in [1.29, 1.82) is 0 Å². The molecular weight excluding hydrogens is 821 g/mol. The number of pyridine rings is 2. The molecule has 3 heterocycles. The molecule has 3 aromatic heterocycles. The number of aromatic nitrogens is 2. The summed E-state index contributed by atoms with van der Waals surface area (Å²) in [6.45, 7) is 26.6. The number of benzene rings is 3. The number of carbonyl (C=O) groups is 1. The van der Waals surface area contributed by atoms with Gasteiger partial charge in [0.05, 0.1) is 13.8 Å². The maximum atomic E-state index is 12.3. The number of carbonyl (C=O) groups excluding carboxylic acids is 1. The van der Waals surface area contributed by atoms with Crippen LogP contribution in [0.5, 0.6) is 0 Å². The van der Waals surface area contributed by atoms with Crippen LogP contribution in [-0.2, 0) is 31.3 Å². The van der Waals surface area contributed by atoms with Gasteiger partial charge in [0.2, 0.25) is 0 Å². The summed E-state index contributed by atoms with van der Waals surface area (Å²) >= 11 is 0. The van der Waals surface area contributed by atoms with E-state index in [4.69, 9.17) is 4.98 Å². The van der Waals surface area contributed by atoms with Crippen molar-refractivity contribution in [2.75, 3.05) is 0 Å². The minimum atomic E-state index is -1.51. The molecular formula is C45H59IrN2O2Si-. The van der Waals surface area contributed by atoms with Gasteiger partial charge in [-0.3, -0.25) is 4.79 Å². The minimum absolute atomic E-state index is 0. The molecule has 6 rings (SSSR count). The van der Waals surface area contributed by atoms with Gasteiger partial charge in [-0.15, -0.1) is 17.7 Å². The van der Waals surface area contributed by atoms with Gasteiger partial charge in [0.25, 0.3) is 0 Å². The van der Waals surface area contributed by atoms with E-state index in [1.54, 1.807) is 0 Å². The average Bonchev–Trinajstić information content (AvgIpc) is 3.37. The van der Waals surface area contributed by atoms with Crippen LogP contribution in [0.2, 0.25) is 19.6 Å².